The summed E-state index contributed by atoms with van der Waals surface area (Å²) < 4.78 is 10.8. The molecule has 1 aromatic carbocycles. The number of halogens is 1. The number of nitrogens with one attached hydrogen (secondary N) is 1. The fourth-order valence-electron chi connectivity index (χ4n) is 2.61. The molecule has 27 heavy (non-hydrogen) atoms. The molecular formula is C19H19ClN2O4S. The van der Waals surface area contributed by atoms with Gasteiger partial charge in [-0.1, -0.05) is 17.7 Å². The van der Waals surface area contributed by atoms with Crippen molar-refractivity contribution >= 4 is 39.1 Å². The van der Waals surface area contributed by atoms with E-state index in [4.69, 9.17) is 21.1 Å². The van der Waals surface area contributed by atoms with Crippen LogP contribution in [0.2, 0.25) is 5.02 Å². The Morgan fingerprint density at radius 1 is 1.33 bits per heavy atom. The third-order valence-corrected chi connectivity index (χ3v) is 5.60. The third kappa shape index (κ3) is 4.14. The highest BCUT2D eigenvalue weighted by Crippen LogP contribution is 2.27. The molecule has 0 aliphatic carbocycles. The molecule has 2 aromatic heterocycles. The molecule has 0 spiro atoms. The van der Waals surface area contributed by atoms with E-state index in [2.05, 4.69) is 9.97 Å². The third-order valence-electron chi connectivity index (χ3n) is 4.18. The second-order valence-electron chi connectivity index (χ2n) is 6.27. The number of hydrogen-bond donors (Lipinski definition) is 1. The summed E-state index contributed by atoms with van der Waals surface area (Å²) in [7, 11) is 0. The van der Waals surface area contributed by atoms with E-state index in [-0.39, 0.29) is 12.2 Å². The van der Waals surface area contributed by atoms with E-state index in [0.29, 0.717) is 26.8 Å². The van der Waals surface area contributed by atoms with Crippen molar-refractivity contribution in [3.8, 4) is 5.75 Å². The van der Waals surface area contributed by atoms with Crippen molar-refractivity contribution < 1.29 is 14.3 Å². The topological polar surface area (TPSA) is 81.3 Å². The van der Waals surface area contributed by atoms with Crippen LogP contribution in [0.1, 0.15) is 34.9 Å². The fourth-order valence-corrected chi connectivity index (χ4v) is 3.82. The minimum Gasteiger partial charge on any atom is -0.480 e. The average molecular weight is 407 g/mol. The molecule has 3 rings (SSSR count). The maximum absolute atomic E-state index is 12.3. The lowest BCUT2D eigenvalue weighted by Gasteiger charge is -2.13. The molecule has 142 valence electrons. The van der Waals surface area contributed by atoms with E-state index in [9.17, 15) is 9.59 Å². The molecule has 0 bridgehead atoms. The standard InChI is InChI=1S/C19H19ClN2O4S/c1-9-5-6-13(20)14(7-9)25-8-15(23)26-11(3)17-21-18(24)16-10(2)12(4)27-19(16)22-17/h5-7,11H,8H2,1-4H3,(H,21,22,24)/t11-/m0/s1. The molecule has 8 heteroatoms. The second-order valence-corrected chi connectivity index (χ2v) is 7.88. The minimum atomic E-state index is -0.714. The Morgan fingerprint density at radius 3 is 2.81 bits per heavy atom. The second kappa shape index (κ2) is 7.70. The number of aryl methyl sites for hydroxylation is 3. The van der Waals surface area contributed by atoms with E-state index in [1.165, 1.54) is 11.3 Å². The van der Waals surface area contributed by atoms with E-state index in [1.54, 1.807) is 19.1 Å². The summed E-state index contributed by atoms with van der Waals surface area (Å²) in [6.45, 7) is 7.09. The van der Waals surface area contributed by atoms with Gasteiger partial charge in [0.2, 0.25) is 0 Å². The number of thiophene rings is 1. The maximum Gasteiger partial charge on any atom is 0.344 e. The Labute approximate surface area is 165 Å². The Hall–Kier alpha value is -2.38. The molecule has 0 unspecified atom stereocenters. The van der Waals surface area contributed by atoms with Crippen LogP contribution in [0.15, 0.2) is 23.0 Å². The molecule has 0 amide bonds. The molecule has 0 radical (unpaired) electrons. The van der Waals surface area contributed by atoms with E-state index in [1.807, 2.05) is 26.8 Å². The van der Waals surface area contributed by atoms with Gasteiger partial charge in [-0.3, -0.25) is 4.79 Å². The van der Waals surface area contributed by atoms with Gasteiger partial charge in [0.1, 0.15) is 10.6 Å². The molecule has 3 aromatic rings. The normalized spacial score (nSPS) is 12.2. The van der Waals surface area contributed by atoms with E-state index >= 15 is 0 Å². The molecule has 6 nitrogen and oxygen atoms in total. The first-order valence-electron chi connectivity index (χ1n) is 8.34. The first-order chi connectivity index (χ1) is 12.8. The summed E-state index contributed by atoms with van der Waals surface area (Å²) in [5.74, 6) is 0.135. The highest BCUT2D eigenvalue weighted by atomic mass is 35.5. The van der Waals surface area contributed by atoms with Gasteiger partial charge in [-0.05, 0) is 51.0 Å². The number of aromatic nitrogens is 2. The highest BCUT2D eigenvalue weighted by Gasteiger charge is 2.18. The van der Waals surface area contributed by atoms with Gasteiger partial charge in [-0.25, -0.2) is 9.78 Å². The number of carbonyl (C=O) groups is 1. The molecule has 0 fully saturated rings. The van der Waals surface area contributed by atoms with Gasteiger partial charge in [-0.2, -0.15) is 0 Å². The number of aromatic amines is 1. The highest BCUT2D eigenvalue weighted by molar-refractivity contribution is 7.18. The first kappa shape index (κ1) is 19.4. The SMILES string of the molecule is Cc1ccc(Cl)c(OCC(=O)O[C@@H](C)c2nc3sc(C)c(C)c3c(=O)[nH]2)c1. The summed E-state index contributed by atoms with van der Waals surface area (Å²) >= 11 is 7.49. The number of ether oxygens (including phenoxy) is 2. The molecule has 0 saturated heterocycles. The van der Waals surface area contributed by atoms with Crippen molar-refractivity contribution in [3.05, 3.63) is 55.4 Å². The average Bonchev–Trinajstić information content (AvgIpc) is 2.90. The largest absolute Gasteiger partial charge is 0.480 e. The molecule has 0 aliphatic heterocycles. The number of hydrogen-bond acceptors (Lipinski definition) is 6. The summed E-state index contributed by atoms with van der Waals surface area (Å²) in [6.07, 6.45) is -0.714. The van der Waals surface area contributed by atoms with Crippen LogP contribution in [0.25, 0.3) is 10.2 Å². The van der Waals surface area contributed by atoms with Crippen LogP contribution >= 0.6 is 22.9 Å². The maximum atomic E-state index is 12.3. The fraction of sp³-hybridized carbons (Fsp3) is 0.316. The Bertz CT molecular complexity index is 1070. The minimum absolute atomic E-state index is 0.234. The van der Waals surface area contributed by atoms with Crippen molar-refractivity contribution in [2.45, 2.75) is 33.8 Å². The number of H-pyrrole nitrogens is 1. The molecule has 2 heterocycles. The van der Waals surface area contributed by atoms with E-state index < -0.39 is 12.1 Å². The van der Waals surface area contributed by atoms with Crippen LogP contribution in [0.5, 0.6) is 5.75 Å². The zero-order valence-electron chi connectivity index (χ0n) is 15.4. The monoisotopic (exact) mass is 406 g/mol. The van der Waals surface area contributed by atoms with Crippen LogP contribution in [-0.4, -0.2) is 22.5 Å². The van der Waals surface area contributed by atoms with Gasteiger partial charge in [0.05, 0.1) is 10.4 Å². The van der Waals surface area contributed by atoms with Crippen molar-refractivity contribution in [2.75, 3.05) is 6.61 Å². The Kier molecular flexibility index (Phi) is 5.53. The number of esters is 1. The number of nitrogens with zero attached hydrogens (tertiary/aromatic N) is 1. The molecular weight excluding hydrogens is 388 g/mol. The molecule has 0 saturated carbocycles. The Morgan fingerprint density at radius 2 is 2.07 bits per heavy atom. The number of rotatable bonds is 5. The Balaban J connectivity index is 1.70. The van der Waals surface area contributed by atoms with Crippen LogP contribution in [0.4, 0.5) is 0 Å². The predicted octanol–water partition coefficient (Wildman–Crippen LogP) is 4.25. The first-order valence-corrected chi connectivity index (χ1v) is 9.54. The van der Waals surface area contributed by atoms with Crippen LogP contribution in [0, 0.1) is 20.8 Å². The zero-order chi connectivity index (χ0) is 19.7. The van der Waals surface area contributed by atoms with E-state index in [0.717, 1.165) is 16.0 Å². The van der Waals surface area contributed by atoms with Crippen LogP contribution in [0.3, 0.4) is 0 Å². The van der Waals surface area contributed by atoms with Crippen molar-refractivity contribution in [3.63, 3.8) is 0 Å². The lowest BCUT2D eigenvalue weighted by atomic mass is 10.2. The lowest BCUT2D eigenvalue weighted by molar-refractivity contribution is -0.151. The summed E-state index contributed by atoms with van der Waals surface area (Å²) in [6, 6.07) is 5.30. The predicted molar refractivity (Wildman–Crippen MR) is 106 cm³/mol. The summed E-state index contributed by atoms with van der Waals surface area (Å²) in [5.41, 5.74) is 1.65. The lowest BCUT2D eigenvalue weighted by Crippen LogP contribution is -2.20. The van der Waals surface area contributed by atoms with Gasteiger partial charge >= 0.3 is 5.97 Å². The smallest absolute Gasteiger partial charge is 0.344 e. The van der Waals surface area contributed by atoms with Crippen LogP contribution in [-0.2, 0) is 9.53 Å². The van der Waals surface area contributed by atoms with Gasteiger partial charge < -0.3 is 14.5 Å². The number of benzene rings is 1. The quantitative estimate of drug-likeness (QED) is 0.640. The van der Waals surface area contributed by atoms with Gasteiger partial charge in [-0.15, -0.1) is 11.3 Å². The zero-order valence-corrected chi connectivity index (χ0v) is 17.0. The van der Waals surface area contributed by atoms with Crippen molar-refractivity contribution in [2.24, 2.45) is 0 Å². The van der Waals surface area contributed by atoms with Gasteiger partial charge in [0.15, 0.2) is 18.5 Å². The van der Waals surface area contributed by atoms with Gasteiger partial charge in [0, 0.05) is 4.88 Å². The molecule has 0 aliphatic rings. The summed E-state index contributed by atoms with van der Waals surface area (Å²) in [5, 5.41) is 0.999. The number of fused-ring (bicyclic) bond motifs is 1. The van der Waals surface area contributed by atoms with Gasteiger partial charge in [0.25, 0.3) is 5.56 Å². The molecule has 1 N–H and O–H groups in total. The number of carbonyl (C=O) groups excluding carboxylic acids is 1. The summed E-state index contributed by atoms with van der Waals surface area (Å²) in [4.78, 5) is 33.2. The molecule has 1 atom stereocenters. The van der Waals surface area contributed by atoms with Crippen molar-refractivity contribution in [1.82, 2.24) is 9.97 Å². The van der Waals surface area contributed by atoms with Crippen LogP contribution < -0.4 is 10.3 Å². The van der Waals surface area contributed by atoms with Crippen molar-refractivity contribution in [1.29, 1.82) is 0 Å².